The Labute approximate surface area is 222 Å². The Balaban J connectivity index is 1.22. The highest BCUT2D eigenvalue weighted by Gasteiger charge is 2.50. The second kappa shape index (κ2) is 10.7. The van der Waals surface area contributed by atoms with Gasteiger partial charge >= 0.3 is 0 Å². The molecule has 0 bridgehead atoms. The summed E-state index contributed by atoms with van der Waals surface area (Å²) >= 11 is 6.13. The summed E-state index contributed by atoms with van der Waals surface area (Å²) in [7, 11) is 1.61. The Bertz CT molecular complexity index is 1210. The van der Waals surface area contributed by atoms with E-state index in [1.165, 1.54) is 31.1 Å². The highest BCUT2D eigenvalue weighted by Crippen LogP contribution is 2.48. The number of phenols is 1. The van der Waals surface area contributed by atoms with Crippen LogP contribution in [0.1, 0.15) is 48.0 Å². The van der Waals surface area contributed by atoms with Crippen molar-refractivity contribution in [3.05, 3.63) is 58.6 Å². The van der Waals surface area contributed by atoms with Crippen molar-refractivity contribution in [2.45, 2.75) is 32.1 Å². The number of amides is 2. The van der Waals surface area contributed by atoms with Crippen molar-refractivity contribution in [2.24, 2.45) is 17.3 Å². The number of hydrogen-bond acceptors (Lipinski definition) is 5. The molecular weight excluding hydrogens is 492 g/mol. The SMILES string of the molecule is COc1ccc(C(=O)N2C[C@@H]3CCC[C@]3(CNC(=O)/C=C/c3ccc(O)cc3Cl)C2)cc1OCC1CC1. The van der Waals surface area contributed by atoms with Gasteiger partial charge in [0.25, 0.3) is 5.91 Å². The number of benzene rings is 2. The Kier molecular flexibility index (Phi) is 7.33. The summed E-state index contributed by atoms with van der Waals surface area (Å²) in [4.78, 5) is 28.0. The Hall–Kier alpha value is -3.19. The average Bonchev–Trinajstić information content (AvgIpc) is 3.54. The molecule has 1 aliphatic heterocycles. The quantitative estimate of drug-likeness (QED) is 0.455. The number of methoxy groups -OCH3 is 1. The van der Waals surface area contributed by atoms with Crippen molar-refractivity contribution in [1.29, 1.82) is 0 Å². The fourth-order valence-electron chi connectivity index (χ4n) is 5.59. The molecule has 1 heterocycles. The number of nitrogens with one attached hydrogen (secondary N) is 1. The third kappa shape index (κ3) is 5.72. The van der Waals surface area contributed by atoms with Gasteiger partial charge in [0, 0.05) is 36.7 Å². The summed E-state index contributed by atoms with van der Waals surface area (Å²) < 4.78 is 11.4. The molecule has 3 aliphatic rings. The monoisotopic (exact) mass is 524 g/mol. The molecule has 196 valence electrons. The predicted octanol–water partition coefficient (Wildman–Crippen LogP) is 4.91. The Morgan fingerprint density at radius 2 is 2.03 bits per heavy atom. The fourth-order valence-corrected chi connectivity index (χ4v) is 5.83. The maximum atomic E-state index is 13.5. The van der Waals surface area contributed by atoms with E-state index in [0.29, 0.717) is 65.7 Å². The number of fused-ring (bicyclic) bond motifs is 1. The number of carbonyl (C=O) groups excluding carboxylic acids is 2. The molecule has 2 amide bonds. The van der Waals surface area contributed by atoms with Crippen molar-refractivity contribution in [1.82, 2.24) is 10.2 Å². The van der Waals surface area contributed by atoms with E-state index in [9.17, 15) is 14.7 Å². The second-order valence-corrected chi connectivity index (χ2v) is 10.9. The molecule has 0 spiro atoms. The summed E-state index contributed by atoms with van der Waals surface area (Å²) in [6, 6.07) is 10.0. The number of hydrogen-bond donors (Lipinski definition) is 2. The Morgan fingerprint density at radius 1 is 1.19 bits per heavy atom. The molecule has 1 saturated heterocycles. The number of nitrogens with zero attached hydrogens (tertiary/aromatic N) is 1. The molecule has 2 N–H and O–H groups in total. The maximum Gasteiger partial charge on any atom is 0.254 e. The minimum Gasteiger partial charge on any atom is -0.508 e. The van der Waals surface area contributed by atoms with Crippen LogP contribution in [0, 0.1) is 17.3 Å². The van der Waals surface area contributed by atoms with Crippen molar-refractivity contribution >= 4 is 29.5 Å². The lowest BCUT2D eigenvalue weighted by Gasteiger charge is -2.29. The first-order chi connectivity index (χ1) is 17.9. The molecule has 0 unspecified atom stereocenters. The van der Waals surface area contributed by atoms with Crippen LogP contribution in [0.15, 0.2) is 42.5 Å². The normalized spacial score (nSPS) is 22.8. The number of ether oxygens (including phenoxy) is 2. The van der Waals surface area contributed by atoms with Gasteiger partial charge in [-0.05, 0) is 85.6 Å². The van der Waals surface area contributed by atoms with E-state index in [1.807, 2.05) is 4.90 Å². The van der Waals surface area contributed by atoms with Gasteiger partial charge in [-0.25, -0.2) is 0 Å². The summed E-state index contributed by atoms with van der Waals surface area (Å²) in [6.45, 7) is 2.48. The zero-order valence-corrected chi connectivity index (χ0v) is 21.8. The number of phenolic OH excluding ortho intramolecular Hbond substituents is 1. The zero-order valence-electron chi connectivity index (χ0n) is 21.0. The van der Waals surface area contributed by atoms with Crippen LogP contribution in [0.3, 0.4) is 0 Å². The van der Waals surface area contributed by atoms with Crippen LogP contribution < -0.4 is 14.8 Å². The van der Waals surface area contributed by atoms with E-state index in [0.717, 1.165) is 19.3 Å². The van der Waals surface area contributed by atoms with Crippen LogP contribution in [0.2, 0.25) is 5.02 Å². The smallest absolute Gasteiger partial charge is 0.254 e. The topological polar surface area (TPSA) is 88.1 Å². The molecule has 2 aliphatic carbocycles. The maximum absolute atomic E-state index is 13.5. The van der Waals surface area contributed by atoms with Gasteiger partial charge in [0.05, 0.1) is 18.7 Å². The lowest BCUT2D eigenvalue weighted by molar-refractivity contribution is -0.117. The number of rotatable bonds is 9. The zero-order chi connectivity index (χ0) is 26.0. The van der Waals surface area contributed by atoms with E-state index in [-0.39, 0.29) is 23.0 Å². The molecule has 2 aromatic carbocycles. The van der Waals surface area contributed by atoms with Gasteiger partial charge in [0.1, 0.15) is 5.75 Å². The van der Waals surface area contributed by atoms with Crippen LogP contribution in [0.5, 0.6) is 17.2 Å². The number of halogens is 1. The van der Waals surface area contributed by atoms with Gasteiger partial charge in [-0.2, -0.15) is 0 Å². The first-order valence-corrected chi connectivity index (χ1v) is 13.3. The molecule has 0 radical (unpaired) electrons. The summed E-state index contributed by atoms with van der Waals surface area (Å²) in [5, 5.41) is 12.9. The Morgan fingerprint density at radius 3 is 2.78 bits per heavy atom. The lowest BCUT2D eigenvalue weighted by Crippen LogP contribution is -2.41. The van der Waals surface area contributed by atoms with Crippen molar-refractivity contribution in [3.63, 3.8) is 0 Å². The molecule has 8 heteroatoms. The van der Waals surface area contributed by atoms with Gasteiger partial charge in [-0.15, -0.1) is 0 Å². The van der Waals surface area contributed by atoms with Crippen molar-refractivity contribution < 1.29 is 24.2 Å². The van der Waals surface area contributed by atoms with Crippen LogP contribution in [-0.2, 0) is 4.79 Å². The van der Waals surface area contributed by atoms with Crippen LogP contribution in [0.25, 0.3) is 6.08 Å². The van der Waals surface area contributed by atoms with Gasteiger partial charge in [-0.1, -0.05) is 18.0 Å². The molecule has 2 saturated carbocycles. The summed E-state index contributed by atoms with van der Waals surface area (Å²) in [6.07, 6.45) is 8.60. The van der Waals surface area contributed by atoms with E-state index >= 15 is 0 Å². The number of carbonyl (C=O) groups is 2. The van der Waals surface area contributed by atoms with Crippen molar-refractivity contribution in [3.8, 4) is 17.2 Å². The lowest BCUT2D eigenvalue weighted by atomic mass is 9.80. The number of likely N-dealkylation sites (tertiary alicyclic amines) is 1. The molecule has 0 aromatic heterocycles. The average molecular weight is 525 g/mol. The number of aromatic hydroxyl groups is 1. The minimum absolute atomic E-state index is 0.0131. The molecule has 3 fully saturated rings. The third-order valence-corrected chi connectivity index (χ3v) is 8.25. The van der Waals surface area contributed by atoms with E-state index in [2.05, 4.69) is 5.32 Å². The summed E-state index contributed by atoms with van der Waals surface area (Å²) in [5.41, 5.74) is 1.14. The first-order valence-electron chi connectivity index (χ1n) is 12.9. The largest absolute Gasteiger partial charge is 0.508 e. The molecule has 5 rings (SSSR count). The van der Waals surface area contributed by atoms with Gasteiger partial charge < -0.3 is 24.8 Å². The molecular formula is C29H33ClN2O5. The fraction of sp³-hybridized carbons (Fsp3) is 0.448. The highest BCUT2D eigenvalue weighted by molar-refractivity contribution is 6.32. The van der Waals surface area contributed by atoms with Crippen molar-refractivity contribution in [2.75, 3.05) is 33.4 Å². The molecule has 2 aromatic rings. The van der Waals surface area contributed by atoms with Crippen LogP contribution in [0.4, 0.5) is 0 Å². The standard InChI is InChI=1S/C29H33ClN2O5/c1-36-25-10-7-21(13-26(25)37-16-19-4-5-19)28(35)32-15-22-3-2-12-29(22,18-32)17-31-27(34)11-8-20-6-9-23(33)14-24(20)30/h6-11,13-14,19,22,33H,2-5,12,15-18H2,1H3,(H,31,34)/b11-8+/t22-,29-/m0/s1. The molecule has 7 nitrogen and oxygen atoms in total. The van der Waals surface area contributed by atoms with Gasteiger partial charge in [0.15, 0.2) is 11.5 Å². The third-order valence-electron chi connectivity index (χ3n) is 7.92. The first kappa shape index (κ1) is 25.5. The summed E-state index contributed by atoms with van der Waals surface area (Å²) in [5.74, 6) is 2.07. The van der Waals surface area contributed by atoms with E-state index < -0.39 is 0 Å². The molecule has 2 atom stereocenters. The van der Waals surface area contributed by atoms with Crippen LogP contribution in [-0.4, -0.2) is 55.2 Å². The minimum atomic E-state index is -0.207. The predicted molar refractivity (Wildman–Crippen MR) is 142 cm³/mol. The van der Waals surface area contributed by atoms with E-state index in [4.69, 9.17) is 21.1 Å². The second-order valence-electron chi connectivity index (χ2n) is 10.5. The van der Waals surface area contributed by atoms with Gasteiger partial charge in [0.2, 0.25) is 5.91 Å². The van der Waals surface area contributed by atoms with Crippen LogP contribution >= 0.6 is 11.6 Å². The molecule has 37 heavy (non-hydrogen) atoms. The van der Waals surface area contributed by atoms with E-state index in [1.54, 1.807) is 37.5 Å². The van der Waals surface area contributed by atoms with Gasteiger partial charge in [-0.3, -0.25) is 9.59 Å². The highest BCUT2D eigenvalue weighted by atomic mass is 35.5.